The van der Waals surface area contributed by atoms with E-state index < -0.39 is 0 Å². The summed E-state index contributed by atoms with van der Waals surface area (Å²) in [5, 5.41) is 0. The molecule has 0 aliphatic carbocycles. The minimum atomic E-state index is 0.0933. The maximum atomic E-state index is 12.5. The third-order valence-corrected chi connectivity index (χ3v) is 4.23. The van der Waals surface area contributed by atoms with Crippen LogP contribution in [0.25, 0.3) is 0 Å². The Morgan fingerprint density at radius 1 is 1.05 bits per heavy atom. The molecule has 0 radical (unpaired) electrons. The lowest BCUT2D eigenvalue weighted by atomic mass is 9.96. The maximum Gasteiger partial charge on any atom is 0.193 e. The van der Waals surface area contributed by atoms with Crippen LogP contribution in [0.15, 0.2) is 40.9 Å². The van der Waals surface area contributed by atoms with E-state index in [0.29, 0.717) is 0 Å². The van der Waals surface area contributed by atoms with Crippen LogP contribution in [-0.4, -0.2) is 5.78 Å². The molecular formula is C17H17BrO. The van der Waals surface area contributed by atoms with Crippen molar-refractivity contribution < 1.29 is 4.79 Å². The van der Waals surface area contributed by atoms with Crippen molar-refractivity contribution >= 4 is 21.7 Å². The first-order valence-corrected chi connectivity index (χ1v) is 7.22. The van der Waals surface area contributed by atoms with E-state index in [1.807, 2.05) is 50.2 Å². The molecule has 0 saturated carbocycles. The highest BCUT2D eigenvalue weighted by Gasteiger charge is 2.13. The van der Waals surface area contributed by atoms with E-state index in [9.17, 15) is 4.79 Å². The first kappa shape index (κ1) is 14.0. The molecule has 0 saturated heterocycles. The van der Waals surface area contributed by atoms with E-state index in [2.05, 4.69) is 22.9 Å². The number of carbonyl (C=O) groups is 1. The Bertz CT molecular complexity index is 612. The van der Waals surface area contributed by atoms with Gasteiger partial charge in [0.2, 0.25) is 0 Å². The quantitative estimate of drug-likeness (QED) is 0.739. The summed E-state index contributed by atoms with van der Waals surface area (Å²) in [6, 6.07) is 11.8. The molecule has 0 N–H and O–H groups in total. The van der Waals surface area contributed by atoms with Crippen LogP contribution in [-0.2, 0) is 6.42 Å². The van der Waals surface area contributed by atoms with Gasteiger partial charge in [-0.2, -0.15) is 0 Å². The summed E-state index contributed by atoms with van der Waals surface area (Å²) in [4.78, 5) is 12.5. The molecule has 0 unspecified atom stereocenters. The van der Waals surface area contributed by atoms with Crippen LogP contribution >= 0.6 is 15.9 Å². The van der Waals surface area contributed by atoms with Gasteiger partial charge in [-0.15, -0.1) is 0 Å². The van der Waals surface area contributed by atoms with E-state index in [-0.39, 0.29) is 5.78 Å². The molecule has 2 aromatic carbocycles. The number of rotatable bonds is 3. The molecule has 0 amide bonds. The van der Waals surface area contributed by atoms with Crippen molar-refractivity contribution in [3.63, 3.8) is 0 Å². The van der Waals surface area contributed by atoms with Crippen molar-refractivity contribution in [1.82, 2.24) is 0 Å². The Kier molecular flexibility index (Phi) is 4.20. The second kappa shape index (κ2) is 5.70. The molecule has 2 heteroatoms. The molecule has 98 valence electrons. The monoisotopic (exact) mass is 316 g/mol. The molecule has 0 aliphatic rings. The largest absolute Gasteiger partial charge is 0.289 e. The Hall–Kier alpha value is -1.41. The number of hydrogen-bond donors (Lipinski definition) is 0. The van der Waals surface area contributed by atoms with Crippen molar-refractivity contribution in [2.75, 3.05) is 0 Å². The molecule has 0 spiro atoms. The molecule has 1 nitrogen and oxygen atoms in total. The highest BCUT2D eigenvalue weighted by atomic mass is 79.9. The van der Waals surface area contributed by atoms with Gasteiger partial charge in [0.15, 0.2) is 5.78 Å². The van der Waals surface area contributed by atoms with E-state index in [0.717, 1.165) is 33.1 Å². The van der Waals surface area contributed by atoms with Crippen LogP contribution in [0.1, 0.15) is 39.5 Å². The minimum Gasteiger partial charge on any atom is -0.289 e. The SMILES string of the molecule is CCc1ccc(C(=O)c2cc(C)c(Br)cc2C)cc1. The van der Waals surface area contributed by atoms with Gasteiger partial charge in [-0.3, -0.25) is 4.79 Å². The average molecular weight is 317 g/mol. The number of hydrogen-bond acceptors (Lipinski definition) is 1. The minimum absolute atomic E-state index is 0.0933. The Balaban J connectivity index is 2.40. The fourth-order valence-electron chi connectivity index (χ4n) is 2.07. The molecule has 0 atom stereocenters. The standard InChI is InChI=1S/C17H17BrO/c1-4-13-5-7-14(8-6-13)17(19)15-9-12(3)16(18)10-11(15)2/h5-10H,4H2,1-3H3. The zero-order valence-electron chi connectivity index (χ0n) is 11.5. The molecule has 0 fully saturated rings. The molecular weight excluding hydrogens is 300 g/mol. The van der Waals surface area contributed by atoms with Gasteiger partial charge in [0, 0.05) is 15.6 Å². The van der Waals surface area contributed by atoms with Crippen LogP contribution in [0.4, 0.5) is 0 Å². The Labute approximate surface area is 122 Å². The topological polar surface area (TPSA) is 17.1 Å². The van der Waals surface area contributed by atoms with Gasteiger partial charge >= 0.3 is 0 Å². The van der Waals surface area contributed by atoms with Crippen LogP contribution in [0.3, 0.4) is 0 Å². The first-order chi connectivity index (χ1) is 9.02. The predicted molar refractivity (Wildman–Crippen MR) is 82.9 cm³/mol. The number of benzene rings is 2. The van der Waals surface area contributed by atoms with Gasteiger partial charge in [0.1, 0.15) is 0 Å². The molecule has 0 bridgehead atoms. The Morgan fingerprint density at radius 2 is 1.68 bits per heavy atom. The molecule has 19 heavy (non-hydrogen) atoms. The van der Waals surface area contributed by atoms with Gasteiger partial charge in [-0.25, -0.2) is 0 Å². The lowest BCUT2D eigenvalue weighted by molar-refractivity contribution is 0.103. The van der Waals surface area contributed by atoms with Crippen molar-refractivity contribution in [2.45, 2.75) is 27.2 Å². The van der Waals surface area contributed by atoms with Gasteiger partial charge in [-0.1, -0.05) is 47.1 Å². The van der Waals surface area contributed by atoms with Gasteiger partial charge < -0.3 is 0 Å². The summed E-state index contributed by atoms with van der Waals surface area (Å²) in [6.07, 6.45) is 0.991. The smallest absolute Gasteiger partial charge is 0.193 e. The number of halogens is 1. The predicted octanol–water partition coefficient (Wildman–Crippen LogP) is 4.86. The molecule has 2 rings (SSSR count). The average Bonchev–Trinajstić information content (AvgIpc) is 2.42. The van der Waals surface area contributed by atoms with Crippen molar-refractivity contribution in [3.05, 3.63) is 68.7 Å². The van der Waals surface area contributed by atoms with Crippen LogP contribution in [0.2, 0.25) is 0 Å². The third-order valence-electron chi connectivity index (χ3n) is 3.37. The fraction of sp³-hybridized carbons (Fsp3) is 0.235. The van der Waals surface area contributed by atoms with E-state index in [1.54, 1.807) is 0 Å². The number of aryl methyl sites for hydroxylation is 3. The number of ketones is 1. The summed E-state index contributed by atoms with van der Waals surface area (Å²) in [7, 11) is 0. The summed E-state index contributed by atoms with van der Waals surface area (Å²) >= 11 is 3.49. The molecule has 0 aromatic heterocycles. The second-order valence-corrected chi connectivity index (χ2v) is 5.65. The lowest BCUT2D eigenvalue weighted by Crippen LogP contribution is -2.04. The summed E-state index contributed by atoms with van der Waals surface area (Å²) in [5.41, 5.74) is 4.87. The highest BCUT2D eigenvalue weighted by Crippen LogP contribution is 2.23. The number of carbonyl (C=O) groups excluding carboxylic acids is 1. The van der Waals surface area contributed by atoms with Crippen LogP contribution < -0.4 is 0 Å². The van der Waals surface area contributed by atoms with Gasteiger partial charge in [-0.05, 0) is 49.1 Å². The normalized spacial score (nSPS) is 10.5. The van der Waals surface area contributed by atoms with E-state index in [4.69, 9.17) is 0 Å². The molecule has 0 aliphatic heterocycles. The van der Waals surface area contributed by atoms with Crippen LogP contribution in [0, 0.1) is 13.8 Å². The fourth-order valence-corrected chi connectivity index (χ4v) is 2.53. The molecule has 2 aromatic rings. The third kappa shape index (κ3) is 2.95. The van der Waals surface area contributed by atoms with Crippen molar-refractivity contribution in [3.8, 4) is 0 Å². The van der Waals surface area contributed by atoms with Crippen LogP contribution in [0.5, 0.6) is 0 Å². The zero-order valence-corrected chi connectivity index (χ0v) is 13.0. The van der Waals surface area contributed by atoms with Gasteiger partial charge in [0.25, 0.3) is 0 Å². The first-order valence-electron chi connectivity index (χ1n) is 6.43. The zero-order chi connectivity index (χ0) is 14.0. The Morgan fingerprint density at radius 3 is 2.26 bits per heavy atom. The maximum absolute atomic E-state index is 12.5. The summed E-state index contributed by atoms with van der Waals surface area (Å²) < 4.78 is 1.04. The summed E-state index contributed by atoms with van der Waals surface area (Å²) in [6.45, 7) is 6.08. The van der Waals surface area contributed by atoms with Crippen molar-refractivity contribution in [2.24, 2.45) is 0 Å². The lowest BCUT2D eigenvalue weighted by Gasteiger charge is -2.08. The highest BCUT2D eigenvalue weighted by molar-refractivity contribution is 9.10. The van der Waals surface area contributed by atoms with Crippen molar-refractivity contribution in [1.29, 1.82) is 0 Å². The second-order valence-electron chi connectivity index (χ2n) is 4.80. The van der Waals surface area contributed by atoms with E-state index >= 15 is 0 Å². The van der Waals surface area contributed by atoms with E-state index in [1.165, 1.54) is 5.56 Å². The summed E-state index contributed by atoms with van der Waals surface area (Å²) in [5.74, 6) is 0.0933. The van der Waals surface area contributed by atoms with Gasteiger partial charge in [0.05, 0.1) is 0 Å². The molecule has 0 heterocycles.